The Hall–Kier alpha value is -3.57. The molecule has 196 valence electrons. The quantitative estimate of drug-likeness (QED) is 0.283. The Morgan fingerprint density at radius 3 is 2.32 bits per heavy atom. The number of carbonyl (C=O) groups excluding carboxylic acids is 1. The van der Waals surface area contributed by atoms with E-state index in [9.17, 15) is 26.4 Å². The zero-order valence-electron chi connectivity index (χ0n) is 19.8. The van der Waals surface area contributed by atoms with Gasteiger partial charge in [0.1, 0.15) is 12.3 Å². The van der Waals surface area contributed by atoms with E-state index in [1.807, 2.05) is 6.92 Å². The first-order valence-corrected chi connectivity index (χ1v) is 12.7. The van der Waals surface area contributed by atoms with Crippen LogP contribution in [0.2, 0.25) is 5.02 Å². The molecule has 37 heavy (non-hydrogen) atoms. The van der Waals surface area contributed by atoms with Crippen molar-refractivity contribution in [2.24, 2.45) is 5.10 Å². The monoisotopic (exact) mass is 553 g/mol. The Bertz CT molecular complexity index is 1380. The highest BCUT2D eigenvalue weighted by Gasteiger charge is 2.35. The lowest BCUT2D eigenvalue weighted by Gasteiger charge is -2.25. The Morgan fingerprint density at radius 2 is 1.73 bits per heavy atom. The molecule has 0 heterocycles. The first-order chi connectivity index (χ1) is 17.4. The molecule has 7 nitrogen and oxygen atoms in total. The number of halogens is 4. The van der Waals surface area contributed by atoms with Crippen LogP contribution in [-0.4, -0.2) is 33.7 Å². The van der Waals surface area contributed by atoms with Crippen molar-refractivity contribution in [1.82, 2.24) is 5.43 Å². The molecule has 0 fully saturated rings. The van der Waals surface area contributed by atoms with Crippen molar-refractivity contribution in [3.05, 3.63) is 88.4 Å². The first-order valence-electron chi connectivity index (χ1n) is 10.9. The number of rotatable bonds is 9. The molecule has 3 aromatic carbocycles. The number of sulfonamides is 1. The fourth-order valence-corrected chi connectivity index (χ4v) is 4.84. The van der Waals surface area contributed by atoms with Crippen LogP contribution in [0, 0.1) is 6.92 Å². The van der Waals surface area contributed by atoms with Crippen molar-refractivity contribution in [3.63, 3.8) is 0 Å². The predicted octanol–water partition coefficient (Wildman–Crippen LogP) is 5.41. The van der Waals surface area contributed by atoms with Crippen LogP contribution in [0.3, 0.4) is 0 Å². The molecular weight excluding hydrogens is 531 g/mol. The highest BCUT2D eigenvalue weighted by atomic mass is 35.5. The maximum Gasteiger partial charge on any atom is 0.417 e. The van der Waals surface area contributed by atoms with Crippen LogP contribution in [0.15, 0.2) is 76.7 Å². The van der Waals surface area contributed by atoms with E-state index in [4.69, 9.17) is 16.3 Å². The Labute approximate surface area is 217 Å². The smallest absolute Gasteiger partial charge is 0.417 e. The van der Waals surface area contributed by atoms with E-state index in [1.54, 1.807) is 31.2 Å². The number of ether oxygens (including phenoxy) is 1. The molecule has 3 rings (SSSR count). The van der Waals surface area contributed by atoms with Crippen LogP contribution in [0.4, 0.5) is 18.9 Å². The molecule has 0 unspecified atom stereocenters. The molecular formula is C25H23ClF3N3O4S. The minimum Gasteiger partial charge on any atom is -0.494 e. The van der Waals surface area contributed by atoms with Gasteiger partial charge >= 0.3 is 6.18 Å². The third-order valence-corrected chi connectivity index (χ3v) is 7.15. The van der Waals surface area contributed by atoms with Gasteiger partial charge in [-0.3, -0.25) is 9.10 Å². The van der Waals surface area contributed by atoms with Gasteiger partial charge in [-0.2, -0.15) is 18.3 Å². The van der Waals surface area contributed by atoms with Crippen LogP contribution in [0.5, 0.6) is 5.75 Å². The van der Waals surface area contributed by atoms with Gasteiger partial charge in [-0.1, -0.05) is 29.3 Å². The van der Waals surface area contributed by atoms with Crippen molar-refractivity contribution >= 4 is 39.4 Å². The Kier molecular flexibility index (Phi) is 8.82. The summed E-state index contributed by atoms with van der Waals surface area (Å²) in [7, 11) is -4.43. The van der Waals surface area contributed by atoms with Crippen molar-refractivity contribution in [3.8, 4) is 5.75 Å². The number of benzene rings is 3. The van der Waals surface area contributed by atoms with E-state index in [1.165, 1.54) is 30.5 Å². The second-order valence-corrected chi connectivity index (χ2v) is 10.1. The summed E-state index contributed by atoms with van der Waals surface area (Å²) in [6.45, 7) is 3.26. The average molecular weight is 554 g/mol. The molecule has 0 aromatic heterocycles. The number of anilines is 1. The lowest BCUT2D eigenvalue weighted by molar-refractivity contribution is -0.137. The molecule has 0 aliphatic heterocycles. The molecule has 0 bridgehead atoms. The van der Waals surface area contributed by atoms with E-state index in [2.05, 4.69) is 10.5 Å². The number of aryl methyl sites for hydroxylation is 1. The summed E-state index contributed by atoms with van der Waals surface area (Å²) in [5, 5.41) is 3.21. The van der Waals surface area contributed by atoms with Crippen LogP contribution in [0.25, 0.3) is 0 Å². The van der Waals surface area contributed by atoms with Gasteiger partial charge in [0.15, 0.2) is 0 Å². The van der Waals surface area contributed by atoms with Crippen LogP contribution >= 0.6 is 11.6 Å². The number of hydrogen-bond acceptors (Lipinski definition) is 5. The third-order valence-electron chi connectivity index (χ3n) is 5.03. The number of carbonyl (C=O) groups is 1. The molecule has 0 atom stereocenters. The second-order valence-electron chi connectivity index (χ2n) is 7.78. The van der Waals surface area contributed by atoms with E-state index >= 15 is 0 Å². The SMILES string of the molecule is CCOc1ccc(/C=N\NC(=O)CN(c2ccc(Cl)c(C(F)(F)F)c2)S(=O)(=O)c2ccc(C)cc2)cc1. The fraction of sp³-hybridized carbons (Fsp3) is 0.200. The summed E-state index contributed by atoms with van der Waals surface area (Å²) in [6.07, 6.45) is -3.51. The van der Waals surface area contributed by atoms with E-state index in [0.29, 0.717) is 28.3 Å². The molecule has 0 radical (unpaired) electrons. The Morgan fingerprint density at radius 1 is 1.08 bits per heavy atom. The van der Waals surface area contributed by atoms with Crippen molar-refractivity contribution in [1.29, 1.82) is 0 Å². The molecule has 3 aromatic rings. The summed E-state index contributed by atoms with van der Waals surface area (Å²) in [5.74, 6) is -0.219. The predicted molar refractivity (Wildman–Crippen MR) is 136 cm³/mol. The van der Waals surface area contributed by atoms with Gasteiger partial charge in [0.2, 0.25) is 0 Å². The summed E-state index contributed by atoms with van der Waals surface area (Å²) in [4.78, 5) is 12.4. The summed E-state index contributed by atoms with van der Waals surface area (Å²) in [6, 6.07) is 15.1. The number of nitrogens with zero attached hydrogens (tertiary/aromatic N) is 2. The van der Waals surface area contributed by atoms with Gasteiger partial charge in [-0.05, 0) is 74.0 Å². The first kappa shape index (κ1) is 28.0. The van der Waals surface area contributed by atoms with Crippen molar-refractivity contribution in [2.45, 2.75) is 24.9 Å². The van der Waals surface area contributed by atoms with Gasteiger partial charge in [0.05, 0.1) is 34.0 Å². The standard InChI is InChI=1S/C25H23ClF3N3O4S/c1-3-36-20-9-6-18(7-10-20)15-30-31-24(33)16-32(37(34,35)21-11-4-17(2)5-12-21)19-8-13-23(26)22(14-19)25(27,28)29/h4-15H,3,16H2,1-2H3,(H,31,33)/b30-15-. The number of nitrogens with one attached hydrogen (secondary N) is 1. The van der Waals surface area contributed by atoms with Crippen molar-refractivity contribution in [2.75, 3.05) is 17.5 Å². The van der Waals surface area contributed by atoms with Crippen molar-refractivity contribution < 1.29 is 31.1 Å². The van der Waals surface area contributed by atoms with Crippen LogP contribution in [-0.2, 0) is 21.0 Å². The largest absolute Gasteiger partial charge is 0.494 e. The molecule has 1 N–H and O–H groups in total. The number of hydrogen-bond donors (Lipinski definition) is 1. The third kappa shape index (κ3) is 7.23. The molecule has 0 aliphatic carbocycles. The zero-order chi connectivity index (χ0) is 27.2. The van der Waals surface area contributed by atoms with Gasteiger partial charge in [-0.15, -0.1) is 0 Å². The van der Waals surface area contributed by atoms with Gasteiger partial charge in [-0.25, -0.2) is 13.8 Å². The molecule has 1 amide bonds. The average Bonchev–Trinajstić information content (AvgIpc) is 2.84. The summed E-state index contributed by atoms with van der Waals surface area (Å²) >= 11 is 5.70. The number of hydrazone groups is 1. The van der Waals surface area contributed by atoms with E-state index in [0.717, 1.165) is 17.7 Å². The van der Waals surface area contributed by atoms with Gasteiger partial charge in [0.25, 0.3) is 15.9 Å². The van der Waals surface area contributed by atoms with E-state index in [-0.39, 0.29) is 10.6 Å². The molecule has 0 saturated carbocycles. The fourth-order valence-electron chi connectivity index (χ4n) is 3.20. The topological polar surface area (TPSA) is 88.1 Å². The lowest BCUT2D eigenvalue weighted by Crippen LogP contribution is -2.39. The normalized spacial score (nSPS) is 11.9. The van der Waals surface area contributed by atoms with E-state index < -0.39 is 39.2 Å². The minimum absolute atomic E-state index is 0.202. The molecule has 0 aliphatic rings. The van der Waals surface area contributed by atoms with Gasteiger partial charge < -0.3 is 4.74 Å². The maximum absolute atomic E-state index is 13.5. The zero-order valence-corrected chi connectivity index (χ0v) is 21.4. The molecule has 12 heteroatoms. The van der Waals surface area contributed by atoms with Gasteiger partial charge in [0, 0.05) is 0 Å². The Balaban J connectivity index is 1.89. The second kappa shape index (κ2) is 11.7. The summed E-state index contributed by atoms with van der Waals surface area (Å²) in [5.41, 5.74) is 1.99. The number of amides is 1. The highest BCUT2D eigenvalue weighted by Crippen LogP contribution is 2.38. The highest BCUT2D eigenvalue weighted by molar-refractivity contribution is 7.92. The molecule has 0 saturated heterocycles. The minimum atomic E-state index is -4.84. The van der Waals surface area contributed by atoms with Crippen LogP contribution in [0.1, 0.15) is 23.6 Å². The summed E-state index contributed by atoms with van der Waals surface area (Å²) < 4.78 is 73.1. The molecule has 0 spiro atoms. The number of alkyl halides is 3. The van der Waals surface area contributed by atoms with Crippen LogP contribution < -0.4 is 14.5 Å². The lowest BCUT2D eigenvalue weighted by atomic mass is 10.2. The maximum atomic E-state index is 13.5.